The molecule has 0 bridgehead atoms. The van der Waals surface area contributed by atoms with Crippen molar-refractivity contribution in [1.82, 2.24) is 0 Å². The predicted octanol–water partition coefficient (Wildman–Crippen LogP) is 13.6. The van der Waals surface area contributed by atoms with Gasteiger partial charge in [0.05, 0.1) is 11.4 Å². The fourth-order valence-electron chi connectivity index (χ4n) is 8.92. The van der Waals surface area contributed by atoms with Crippen molar-refractivity contribution in [3.8, 4) is 0 Å². The molecule has 1 saturated carbocycles. The molecule has 3 heteroatoms. The molecule has 1 aliphatic heterocycles. The van der Waals surface area contributed by atoms with Gasteiger partial charge in [0.15, 0.2) is 0 Å². The van der Waals surface area contributed by atoms with Crippen LogP contribution in [0.5, 0.6) is 0 Å². The second-order valence-electron chi connectivity index (χ2n) is 14.4. The topological polar surface area (TPSA) is 16.4 Å². The van der Waals surface area contributed by atoms with Crippen LogP contribution in [0.15, 0.2) is 178 Å². The van der Waals surface area contributed by atoms with Gasteiger partial charge in [0.2, 0.25) is 0 Å². The zero-order chi connectivity index (χ0) is 34.5. The average Bonchev–Trinajstić information content (AvgIpc) is 3.83. The van der Waals surface area contributed by atoms with Crippen molar-refractivity contribution in [2.45, 2.75) is 53.7 Å². The van der Waals surface area contributed by atoms with Crippen LogP contribution in [0, 0.1) is 0 Å². The van der Waals surface area contributed by atoms with E-state index in [1.54, 1.807) is 0 Å². The van der Waals surface area contributed by atoms with E-state index in [1.807, 2.05) is 17.8 Å². The zero-order valence-electron chi connectivity index (χ0n) is 29.1. The van der Waals surface area contributed by atoms with Crippen LogP contribution >= 0.6 is 11.8 Å². The van der Waals surface area contributed by atoms with Crippen LogP contribution in [0.3, 0.4) is 0 Å². The highest BCUT2D eigenvalue weighted by molar-refractivity contribution is 7.99. The Morgan fingerprint density at radius 1 is 0.500 bits per heavy atom. The highest BCUT2D eigenvalue weighted by atomic mass is 32.2. The third kappa shape index (κ3) is 5.34. The number of hydrogen-bond acceptors (Lipinski definition) is 3. The van der Waals surface area contributed by atoms with Crippen molar-refractivity contribution < 1.29 is 4.42 Å². The first kappa shape index (κ1) is 31.2. The van der Waals surface area contributed by atoms with Gasteiger partial charge in [0, 0.05) is 31.7 Å². The molecule has 2 heterocycles. The maximum Gasteiger partial charge on any atom is 0.135 e. The lowest BCUT2D eigenvalue weighted by Crippen LogP contribution is -2.33. The molecule has 0 atom stereocenters. The third-order valence-electron chi connectivity index (χ3n) is 11.4. The maximum absolute atomic E-state index is 6.24. The number of fused-ring (bicyclic) bond motifs is 7. The molecule has 0 N–H and O–H groups in total. The largest absolute Gasteiger partial charge is 0.456 e. The van der Waals surface area contributed by atoms with Gasteiger partial charge < -0.3 is 9.32 Å². The molecule has 0 radical (unpaired) electrons. The second kappa shape index (κ2) is 12.9. The molecular weight excluding hydrogens is 651 g/mol. The quantitative estimate of drug-likeness (QED) is 0.166. The summed E-state index contributed by atoms with van der Waals surface area (Å²) in [6, 6.07) is 60.2. The van der Waals surface area contributed by atoms with Gasteiger partial charge in [0.25, 0.3) is 0 Å². The van der Waals surface area contributed by atoms with E-state index >= 15 is 0 Å². The summed E-state index contributed by atoms with van der Waals surface area (Å²) in [6.45, 7) is 0. The number of para-hydroxylation sites is 2. The van der Waals surface area contributed by atoms with Crippen molar-refractivity contribution in [2.24, 2.45) is 0 Å². The molecule has 1 fully saturated rings. The van der Waals surface area contributed by atoms with Crippen molar-refractivity contribution in [3.63, 3.8) is 0 Å². The average molecular weight is 690 g/mol. The monoisotopic (exact) mass is 689 g/mol. The summed E-state index contributed by atoms with van der Waals surface area (Å²) < 4.78 is 6.24. The van der Waals surface area contributed by atoms with E-state index in [0.717, 1.165) is 34.8 Å². The summed E-state index contributed by atoms with van der Waals surface area (Å²) in [5.74, 6) is 0. The lowest BCUT2D eigenvalue weighted by molar-refractivity contribution is 0.529. The maximum atomic E-state index is 6.24. The van der Waals surface area contributed by atoms with Crippen LogP contribution in [-0.4, -0.2) is 0 Å². The van der Waals surface area contributed by atoms with Gasteiger partial charge in [-0.25, -0.2) is 0 Å². The third-order valence-corrected chi connectivity index (χ3v) is 12.6. The van der Waals surface area contributed by atoms with Crippen LogP contribution < -0.4 is 4.90 Å². The molecule has 10 rings (SSSR count). The highest BCUT2D eigenvalue weighted by Crippen LogP contribution is 2.58. The molecule has 1 aromatic heterocycles. The Kier molecular flexibility index (Phi) is 7.76. The van der Waals surface area contributed by atoms with Crippen LogP contribution in [0.2, 0.25) is 0 Å². The van der Waals surface area contributed by atoms with Crippen LogP contribution in [0.4, 0.5) is 17.1 Å². The molecule has 0 amide bonds. The van der Waals surface area contributed by atoms with Gasteiger partial charge in [-0.3, -0.25) is 0 Å². The van der Waals surface area contributed by atoms with Gasteiger partial charge in [-0.1, -0.05) is 140 Å². The van der Waals surface area contributed by atoms with Gasteiger partial charge in [-0.2, -0.15) is 0 Å². The summed E-state index contributed by atoms with van der Waals surface area (Å²) in [7, 11) is 0. The summed E-state index contributed by atoms with van der Waals surface area (Å²) in [5, 5.41) is 2.32. The molecular formula is C49H39NOS. The first-order chi connectivity index (χ1) is 25.7. The van der Waals surface area contributed by atoms with E-state index in [4.69, 9.17) is 4.42 Å². The minimum Gasteiger partial charge on any atom is -0.456 e. The summed E-state index contributed by atoms with van der Waals surface area (Å²) in [6.07, 6.45) is 6.71. The van der Waals surface area contributed by atoms with E-state index in [9.17, 15) is 0 Å². The Morgan fingerprint density at radius 2 is 1.13 bits per heavy atom. The molecule has 1 spiro atoms. The number of rotatable bonds is 7. The van der Waals surface area contributed by atoms with E-state index in [1.165, 1.54) is 85.9 Å². The Morgan fingerprint density at radius 3 is 1.94 bits per heavy atom. The molecule has 1 aliphatic carbocycles. The molecule has 8 aromatic rings. The van der Waals surface area contributed by atoms with E-state index in [-0.39, 0.29) is 5.41 Å². The molecule has 52 heavy (non-hydrogen) atoms. The van der Waals surface area contributed by atoms with E-state index < -0.39 is 0 Å². The summed E-state index contributed by atoms with van der Waals surface area (Å²) in [4.78, 5) is 5.15. The molecule has 0 saturated heterocycles. The van der Waals surface area contributed by atoms with Gasteiger partial charge >= 0.3 is 0 Å². The molecule has 7 aromatic carbocycles. The number of furan rings is 1. The minimum absolute atomic E-state index is 0.0233. The summed E-state index contributed by atoms with van der Waals surface area (Å²) in [5.41, 5.74) is 14.0. The predicted molar refractivity (Wildman–Crippen MR) is 217 cm³/mol. The first-order valence-corrected chi connectivity index (χ1v) is 19.4. The highest BCUT2D eigenvalue weighted by Gasteiger charge is 2.45. The van der Waals surface area contributed by atoms with Crippen molar-refractivity contribution in [3.05, 3.63) is 197 Å². The Balaban J connectivity index is 1.05. The smallest absolute Gasteiger partial charge is 0.135 e. The number of hydrogen-bond donors (Lipinski definition) is 0. The normalized spacial score (nSPS) is 14.6. The van der Waals surface area contributed by atoms with Crippen LogP contribution in [0.1, 0.15) is 59.1 Å². The Labute approximate surface area is 309 Å². The van der Waals surface area contributed by atoms with Crippen molar-refractivity contribution in [1.29, 1.82) is 0 Å². The van der Waals surface area contributed by atoms with Gasteiger partial charge in [-0.15, -0.1) is 0 Å². The lowest BCUT2D eigenvalue weighted by Gasteiger charge is -2.44. The number of nitrogens with zero attached hydrogens (tertiary/aromatic N) is 1. The Bertz CT molecular complexity index is 2580. The number of benzene rings is 7. The molecule has 0 unspecified atom stereocenters. The van der Waals surface area contributed by atoms with Crippen molar-refractivity contribution in [2.75, 3.05) is 4.90 Å². The fourth-order valence-corrected chi connectivity index (χ4v) is 9.99. The lowest BCUT2D eigenvalue weighted by atomic mass is 9.69. The summed E-state index contributed by atoms with van der Waals surface area (Å²) >= 11 is 1.90. The van der Waals surface area contributed by atoms with Crippen LogP contribution in [-0.2, 0) is 18.3 Å². The fraction of sp³-hybridized carbons (Fsp3) is 0.143. The van der Waals surface area contributed by atoms with E-state index in [0.29, 0.717) is 0 Å². The zero-order valence-corrected chi connectivity index (χ0v) is 29.9. The van der Waals surface area contributed by atoms with Crippen LogP contribution in [0.25, 0.3) is 21.9 Å². The van der Waals surface area contributed by atoms with E-state index in [2.05, 4.69) is 163 Å². The number of anilines is 3. The minimum atomic E-state index is 0.0233. The first-order valence-electron chi connectivity index (χ1n) is 18.6. The van der Waals surface area contributed by atoms with Gasteiger partial charge in [0.1, 0.15) is 11.2 Å². The second-order valence-corrected chi connectivity index (χ2v) is 15.5. The molecule has 2 aliphatic rings. The van der Waals surface area contributed by atoms with Gasteiger partial charge in [-0.05, 0) is 108 Å². The van der Waals surface area contributed by atoms with Crippen molar-refractivity contribution >= 4 is 50.8 Å². The molecule has 2 nitrogen and oxygen atoms in total. The molecule has 252 valence electrons. The standard InChI is InChI=1S/C49H39NOS/c1-2-14-34(15-3-1)30-36-16-4-10-22-47(36)52-48-23-11-5-17-37(48)31-35-24-26-44-42(32-35)49(28-12-13-29-49)41-19-7-8-20-43(41)50(44)38-25-27-46-40(33-38)39-18-6-9-21-45(39)51-46/h1-11,14-27,32-33H,12-13,28-31H2. The Hall–Kier alpha value is -5.51. The SMILES string of the molecule is c1ccc(Cc2ccccc2Sc2ccccc2Cc2ccc3c(c2)C2(CCCC2)c2ccccc2N3c2ccc3oc4ccccc4c3c2)cc1.